The van der Waals surface area contributed by atoms with Gasteiger partial charge in [-0.1, -0.05) is 30.3 Å². The molecule has 2 unspecified atom stereocenters. The maximum absolute atomic E-state index is 12.8. The van der Waals surface area contributed by atoms with Crippen LogP contribution in [0.3, 0.4) is 0 Å². The predicted octanol–water partition coefficient (Wildman–Crippen LogP) is 1.50. The molecule has 0 saturated carbocycles. The van der Waals surface area contributed by atoms with Crippen LogP contribution in [-0.4, -0.2) is 35.5 Å². The summed E-state index contributed by atoms with van der Waals surface area (Å²) in [6.07, 6.45) is 2.01. The second kappa shape index (κ2) is 5.48. The van der Waals surface area contributed by atoms with Crippen LogP contribution < -0.4 is 10.6 Å². The highest BCUT2D eigenvalue weighted by Crippen LogP contribution is 2.31. The van der Waals surface area contributed by atoms with Gasteiger partial charge in [0.1, 0.15) is 5.54 Å². The Morgan fingerprint density at radius 3 is 2.71 bits per heavy atom. The highest BCUT2D eigenvalue weighted by atomic mass is 16.2. The fourth-order valence-electron chi connectivity index (χ4n) is 3.25. The van der Waals surface area contributed by atoms with Gasteiger partial charge in [-0.25, -0.2) is 4.79 Å². The van der Waals surface area contributed by atoms with Crippen molar-refractivity contribution in [1.82, 2.24) is 15.5 Å². The molecule has 2 fully saturated rings. The minimum Gasteiger partial charge on any atom is -0.323 e. The molecule has 5 nitrogen and oxygen atoms in total. The smallest absolute Gasteiger partial charge is 0.323 e. The Kier molecular flexibility index (Phi) is 3.68. The summed E-state index contributed by atoms with van der Waals surface area (Å²) in [5, 5.41) is 6.23. The monoisotopic (exact) mass is 287 g/mol. The van der Waals surface area contributed by atoms with Crippen molar-refractivity contribution in [2.24, 2.45) is 5.92 Å². The molecule has 3 amide bonds. The molecule has 112 valence electrons. The van der Waals surface area contributed by atoms with Gasteiger partial charge in [0, 0.05) is 12.5 Å². The molecule has 0 spiro atoms. The van der Waals surface area contributed by atoms with Crippen molar-refractivity contribution in [3.8, 4) is 0 Å². The number of nitrogens with one attached hydrogen (secondary N) is 2. The number of amides is 3. The highest BCUT2D eigenvalue weighted by Gasteiger charge is 2.52. The normalized spacial score (nSPS) is 29.6. The van der Waals surface area contributed by atoms with Crippen molar-refractivity contribution in [3.05, 3.63) is 35.9 Å². The zero-order chi connectivity index (χ0) is 14.9. The Balaban J connectivity index is 1.78. The zero-order valence-corrected chi connectivity index (χ0v) is 12.3. The topological polar surface area (TPSA) is 61.4 Å². The number of hydrogen-bond acceptors (Lipinski definition) is 3. The molecule has 2 aliphatic heterocycles. The first-order chi connectivity index (χ1) is 10.1. The molecule has 0 radical (unpaired) electrons. The van der Waals surface area contributed by atoms with Crippen molar-refractivity contribution in [2.75, 3.05) is 13.1 Å². The molecule has 0 bridgehead atoms. The van der Waals surface area contributed by atoms with Gasteiger partial charge in [0.05, 0.1) is 6.54 Å². The number of urea groups is 1. The maximum Gasteiger partial charge on any atom is 0.325 e. The summed E-state index contributed by atoms with van der Waals surface area (Å²) in [5.74, 6) is 0.0496. The van der Waals surface area contributed by atoms with E-state index in [0.29, 0.717) is 6.54 Å². The summed E-state index contributed by atoms with van der Waals surface area (Å²) in [6, 6.07) is 9.33. The summed E-state index contributed by atoms with van der Waals surface area (Å²) < 4.78 is 0. The molecule has 21 heavy (non-hydrogen) atoms. The molecule has 2 heterocycles. The first kappa shape index (κ1) is 14.1. The summed E-state index contributed by atoms with van der Waals surface area (Å²) in [6.45, 7) is 3.96. The van der Waals surface area contributed by atoms with E-state index < -0.39 is 5.54 Å². The first-order valence-corrected chi connectivity index (χ1v) is 7.50. The summed E-state index contributed by atoms with van der Waals surface area (Å²) >= 11 is 0. The number of carbonyl (C=O) groups excluding carboxylic acids is 2. The van der Waals surface area contributed by atoms with E-state index >= 15 is 0 Å². The summed E-state index contributed by atoms with van der Waals surface area (Å²) in [5.41, 5.74) is 0.186. The number of rotatable bonds is 3. The van der Waals surface area contributed by atoms with Crippen molar-refractivity contribution >= 4 is 11.9 Å². The lowest BCUT2D eigenvalue weighted by molar-refractivity contribution is -0.133. The molecule has 2 saturated heterocycles. The van der Waals surface area contributed by atoms with Crippen molar-refractivity contribution in [2.45, 2.75) is 31.8 Å². The van der Waals surface area contributed by atoms with E-state index in [-0.39, 0.29) is 17.9 Å². The number of nitrogens with zero attached hydrogens (tertiary/aromatic N) is 1. The third-order valence-electron chi connectivity index (χ3n) is 4.60. The van der Waals surface area contributed by atoms with Crippen LogP contribution in [0.1, 0.15) is 25.3 Å². The number of carbonyl (C=O) groups is 2. The van der Waals surface area contributed by atoms with Gasteiger partial charge in [-0.05, 0) is 31.9 Å². The largest absolute Gasteiger partial charge is 0.325 e. The van der Waals surface area contributed by atoms with Crippen LogP contribution in [-0.2, 0) is 11.3 Å². The van der Waals surface area contributed by atoms with E-state index in [2.05, 4.69) is 10.6 Å². The molecule has 3 rings (SSSR count). The molecule has 0 aliphatic carbocycles. The molecule has 0 aromatic heterocycles. The van der Waals surface area contributed by atoms with Gasteiger partial charge in [0.2, 0.25) is 0 Å². The van der Waals surface area contributed by atoms with E-state index in [9.17, 15) is 9.59 Å². The number of piperidine rings is 1. The standard InChI is InChI=1S/C16H21N3O2/c1-16(13-8-5-9-17-10-13)14(20)19(15(21)18-16)11-12-6-3-2-4-7-12/h2-4,6-7,13,17H,5,8-11H2,1H3,(H,18,21). The third-order valence-corrected chi connectivity index (χ3v) is 4.60. The van der Waals surface area contributed by atoms with Gasteiger partial charge in [-0.3, -0.25) is 9.69 Å². The van der Waals surface area contributed by atoms with Crippen molar-refractivity contribution in [1.29, 1.82) is 0 Å². The highest BCUT2D eigenvalue weighted by molar-refractivity contribution is 6.07. The molecule has 1 aromatic carbocycles. The first-order valence-electron chi connectivity index (χ1n) is 7.50. The number of hydrogen-bond donors (Lipinski definition) is 2. The van der Waals surface area contributed by atoms with E-state index in [1.165, 1.54) is 4.90 Å². The third kappa shape index (κ3) is 2.53. The minimum atomic E-state index is -0.778. The lowest BCUT2D eigenvalue weighted by Crippen LogP contribution is -2.55. The van der Waals surface area contributed by atoms with E-state index in [4.69, 9.17) is 0 Å². The fourth-order valence-corrected chi connectivity index (χ4v) is 3.25. The number of benzene rings is 1. The Hall–Kier alpha value is -1.88. The van der Waals surface area contributed by atoms with Crippen LogP contribution in [0.2, 0.25) is 0 Å². The van der Waals surface area contributed by atoms with Crippen LogP contribution in [0.25, 0.3) is 0 Å². The van der Waals surface area contributed by atoms with Gasteiger partial charge in [-0.2, -0.15) is 0 Å². The molecule has 2 atom stereocenters. The molecular formula is C16H21N3O2. The summed E-state index contributed by atoms with van der Waals surface area (Å²) in [4.78, 5) is 26.3. The van der Waals surface area contributed by atoms with Crippen LogP contribution in [0, 0.1) is 5.92 Å². The van der Waals surface area contributed by atoms with Gasteiger partial charge in [0.15, 0.2) is 0 Å². The summed E-state index contributed by atoms with van der Waals surface area (Å²) in [7, 11) is 0. The second-order valence-electron chi connectivity index (χ2n) is 6.05. The number of imide groups is 1. The quantitative estimate of drug-likeness (QED) is 0.828. The van der Waals surface area contributed by atoms with Gasteiger partial charge >= 0.3 is 6.03 Å². The Morgan fingerprint density at radius 2 is 2.05 bits per heavy atom. The van der Waals surface area contributed by atoms with E-state index in [1.807, 2.05) is 37.3 Å². The SMILES string of the molecule is CC1(C2CCCNC2)NC(=O)N(Cc2ccccc2)C1=O. The molecule has 2 aliphatic rings. The minimum absolute atomic E-state index is 0.106. The zero-order valence-electron chi connectivity index (χ0n) is 12.3. The van der Waals surface area contributed by atoms with Crippen LogP contribution in [0.4, 0.5) is 4.79 Å². The maximum atomic E-state index is 12.8. The Bertz CT molecular complexity index is 540. The van der Waals surface area contributed by atoms with Crippen LogP contribution in [0.15, 0.2) is 30.3 Å². The van der Waals surface area contributed by atoms with E-state index in [0.717, 1.165) is 31.5 Å². The molecule has 2 N–H and O–H groups in total. The van der Waals surface area contributed by atoms with Gasteiger partial charge < -0.3 is 10.6 Å². The average Bonchev–Trinajstić information content (AvgIpc) is 2.74. The lowest BCUT2D eigenvalue weighted by Gasteiger charge is -2.34. The lowest BCUT2D eigenvalue weighted by atomic mass is 9.80. The Morgan fingerprint density at radius 1 is 1.29 bits per heavy atom. The van der Waals surface area contributed by atoms with Crippen LogP contribution >= 0.6 is 0 Å². The molecule has 5 heteroatoms. The van der Waals surface area contributed by atoms with Gasteiger partial charge in [-0.15, -0.1) is 0 Å². The van der Waals surface area contributed by atoms with Crippen LogP contribution in [0.5, 0.6) is 0 Å². The molecule has 1 aromatic rings. The van der Waals surface area contributed by atoms with E-state index in [1.54, 1.807) is 0 Å². The van der Waals surface area contributed by atoms with Gasteiger partial charge in [0.25, 0.3) is 5.91 Å². The Labute approximate surface area is 124 Å². The predicted molar refractivity (Wildman–Crippen MR) is 79.5 cm³/mol. The molecular weight excluding hydrogens is 266 g/mol. The second-order valence-corrected chi connectivity index (χ2v) is 6.05. The fraction of sp³-hybridized carbons (Fsp3) is 0.500. The average molecular weight is 287 g/mol. The van der Waals surface area contributed by atoms with Crippen molar-refractivity contribution < 1.29 is 9.59 Å². The van der Waals surface area contributed by atoms with Crippen molar-refractivity contribution in [3.63, 3.8) is 0 Å².